The second kappa shape index (κ2) is 12.6. The van der Waals surface area contributed by atoms with Gasteiger partial charge in [0, 0.05) is 51.9 Å². The Balaban J connectivity index is 1.18. The molecule has 0 spiro atoms. The van der Waals surface area contributed by atoms with Crippen LogP contribution in [0.2, 0.25) is 5.15 Å². The van der Waals surface area contributed by atoms with Crippen molar-refractivity contribution in [3.05, 3.63) is 52.8 Å². The van der Waals surface area contributed by atoms with Crippen LogP contribution < -0.4 is 16.0 Å². The number of nitrogens with one attached hydrogen (secondary N) is 1. The zero-order valence-electron chi connectivity index (χ0n) is 24.0. The van der Waals surface area contributed by atoms with Crippen LogP contribution in [-0.2, 0) is 11.3 Å². The van der Waals surface area contributed by atoms with Gasteiger partial charge in [0.05, 0.1) is 17.3 Å². The first kappa shape index (κ1) is 29.1. The molecule has 4 heterocycles. The highest BCUT2D eigenvalue weighted by atomic mass is 35.5. The van der Waals surface area contributed by atoms with E-state index in [0.29, 0.717) is 53.0 Å². The summed E-state index contributed by atoms with van der Waals surface area (Å²) in [6.45, 7) is 12.6. The average molecular weight is 578 g/mol. The third-order valence-electron chi connectivity index (χ3n) is 8.74. The van der Waals surface area contributed by atoms with Crippen LogP contribution in [0.25, 0.3) is 5.70 Å². The normalized spacial score (nSPS) is 22.6. The lowest BCUT2D eigenvalue weighted by Gasteiger charge is -2.47. The zero-order chi connectivity index (χ0) is 29.1. The van der Waals surface area contributed by atoms with Gasteiger partial charge < -0.3 is 20.9 Å². The number of piperidine rings is 1. The molecule has 0 radical (unpaired) electrons. The van der Waals surface area contributed by atoms with E-state index in [1.807, 2.05) is 12.1 Å². The van der Waals surface area contributed by atoms with Crippen LogP contribution in [0.15, 0.2) is 30.8 Å². The summed E-state index contributed by atoms with van der Waals surface area (Å²) in [4.78, 5) is 30.6. The van der Waals surface area contributed by atoms with Gasteiger partial charge in [-0.05, 0) is 56.5 Å². The molecular weight excluding hydrogens is 538 g/mol. The molecule has 0 aliphatic carbocycles. The fraction of sp³-hybridized carbons (Fsp3) is 0.533. The number of nitrogens with zero attached hydrogens (tertiary/aromatic N) is 7. The number of nitrogens with two attached hydrogens (primary N) is 1. The Morgan fingerprint density at radius 2 is 1.88 bits per heavy atom. The van der Waals surface area contributed by atoms with Crippen molar-refractivity contribution in [2.24, 2.45) is 0 Å². The number of likely N-dealkylation sites (tertiary alicyclic amines) is 2. The number of nitriles is 1. The molecule has 3 aliphatic rings. The lowest BCUT2D eigenvalue weighted by Crippen LogP contribution is -2.58. The molecule has 1 aromatic carbocycles. The van der Waals surface area contributed by atoms with Crippen molar-refractivity contribution in [2.75, 3.05) is 56.9 Å². The van der Waals surface area contributed by atoms with Crippen molar-refractivity contribution < 1.29 is 4.79 Å². The fourth-order valence-corrected chi connectivity index (χ4v) is 6.58. The number of rotatable bonds is 8. The summed E-state index contributed by atoms with van der Waals surface area (Å²) in [6.07, 6.45) is 4.02. The number of nitrogen functional groups attached to an aromatic ring is 1. The Bertz CT molecular complexity index is 1300. The molecule has 11 heteroatoms. The molecule has 5 rings (SSSR count). The largest absolute Gasteiger partial charge is 0.382 e. The molecule has 3 aliphatic heterocycles. The van der Waals surface area contributed by atoms with Gasteiger partial charge >= 0.3 is 0 Å². The van der Waals surface area contributed by atoms with Crippen LogP contribution in [0.5, 0.6) is 0 Å². The van der Waals surface area contributed by atoms with Crippen LogP contribution in [0.3, 0.4) is 0 Å². The van der Waals surface area contributed by atoms with Gasteiger partial charge in [-0.1, -0.05) is 37.2 Å². The van der Waals surface area contributed by atoms with E-state index >= 15 is 0 Å². The smallest absolute Gasteiger partial charge is 0.244 e. The van der Waals surface area contributed by atoms with E-state index in [9.17, 15) is 4.79 Å². The molecule has 41 heavy (non-hydrogen) atoms. The molecule has 2 atom stereocenters. The lowest BCUT2D eigenvalue weighted by atomic mass is 9.97. The average Bonchev–Trinajstić information content (AvgIpc) is 3.30. The zero-order valence-corrected chi connectivity index (χ0v) is 24.8. The van der Waals surface area contributed by atoms with Crippen molar-refractivity contribution in [1.29, 1.82) is 5.26 Å². The molecule has 3 N–H and O–H groups in total. The summed E-state index contributed by atoms with van der Waals surface area (Å²) in [7, 11) is 1.79. The van der Waals surface area contributed by atoms with Crippen molar-refractivity contribution in [1.82, 2.24) is 30.0 Å². The SMILES string of the molecule is C=C(N[C@H]1CCN(C)C1=O)c1nc(Cl)c(N2CCN(C3CCN(Cc4ccc(C#N)cc4)CC3)[C@@H](CC)C2)nc1N. The van der Waals surface area contributed by atoms with E-state index < -0.39 is 0 Å². The van der Waals surface area contributed by atoms with Gasteiger partial charge in [0.2, 0.25) is 5.91 Å². The molecule has 10 nitrogen and oxygen atoms in total. The van der Waals surface area contributed by atoms with Crippen LogP contribution in [0.1, 0.15) is 49.4 Å². The van der Waals surface area contributed by atoms with Gasteiger partial charge in [0.25, 0.3) is 0 Å². The van der Waals surface area contributed by atoms with Gasteiger partial charge in [0.15, 0.2) is 16.8 Å². The first-order valence-electron chi connectivity index (χ1n) is 14.5. The molecule has 2 aromatic rings. The van der Waals surface area contributed by atoms with E-state index in [2.05, 4.69) is 61.7 Å². The second-order valence-electron chi connectivity index (χ2n) is 11.4. The second-order valence-corrected chi connectivity index (χ2v) is 11.7. The molecule has 0 unspecified atom stereocenters. The first-order valence-corrected chi connectivity index (χ1v) is 14.9. The van der Waals surface area contributed by atoms with Gasteiger partial charge in [-0.2, -0.15) is 5.26 Å². The predicted octanol–water partition coefficient (Wildman–Crippen LogP) is 2.94. The molecule has 0 bridgehead atoms. The Hall–Kier alpha value is -3.39. The van der Waals surface area contributed by atoms with Crippen LogP contribution in [-0.4, -0.2) is 95.0 Å². The van der Waals surface area contributed by atoms with Crippen molar-refractivity contribution >= 4 is 34.8 Å². The minimum Gasteiger partial charge on any atom is -0.382 e. The number of hydrogen-bond donors (Lipinski definition) is 2. The molecule has 218 valence electrons. The highest BCUT2D eigenvalue weighted by molar-refractivity contribution is 6.31. The molecular formula is C30H40ClN9O. The molecule has 1 aromatic heterocycles. The molecule has 3 saturated heterocycles. The number of benzene rings is 1. The molecule has 1 amide bonds. The minimum absolute atomic E-state index is 0.0286. The summed E-state index contributed by atoms with van der Waals surface area (Å²) in [5, 5.41) is 12.5. The van der Waals surface area contributed by atoms with Gasteiger partial charge in [0.1, 0.15) is 11.7 Å². The number of halogens is 1. The van der Waals surface area contributed by atoms with E-state index in [0.717, 1.165) is 58.5 Å². The van der Waals surface area contributed by atoms with E-state index in [1.54, 1.807) is 11.9 Å². The molecule has 3 fully saturated rings. The summed E-state index contributed by atoms with van der Waals surface area (Å²) in [5.41, 5.74) is 9.15. The van der Waals surface area contributed by atoms with Crippen LogP contribution >= 0.6 is 11.6 Å². The number of anilines is 2. The maximum absolute atomic E-state index is 12.3. The minimum atomic E-state index is -0.339. The summed E-state index contributed by atoms with van der Waals surface area (Å²) >= 11 is 6.67. The highest BCUT2D eigenvalue weighted by Gasteiger charge is 2.35. The number of amides is 1. The van der Waals surface area contributed by atoms with Gasteiger partial charge in [-0.25, -0.2) is 9.97 Å². The summed E-state index contributed by atoms with van der Waals surface area (Å²) in [5.74, 6) is 0.888. The van der Waals surface area contributed by atoms with Gasteiger partial charge in [-0.3, -0.25) is 14.6 Å². The number of aromatic nitrogens is 2. The molecule has 0 saturated carbocycles. The van der Waals surface area contributed by atoms with Crippen LogP contribution in [0.4, 0.5) is 11.6 Å². The van der Waals surface area contributed by atoms with E-state index in [-0.39, 0.29) is 17.8 Å². The highest BCUT2D eigenvalue weighted by Crippen LogP contribution is 2.31. The Kier molecular flexibility index (Phi) is 8.97. The van der Waals surface area contributed by atoms with Crippen molar-refractivity contribution in [2.45, 2.75) is 57.3 Å². The standard InChI is InChI=1S/C30H40ClN9O/c1-4-23-19-39(29-27(31)35-26(28(33)36-29)20(2)34-25-11-12-37(3)30(25)41)15-16-40(23)24-9-13-38(14-10-24)18-22-7-5-21(17-32)6-8-22/h5-8,23-25,34H,2,4,9-16,18-19H2,1,3H3,(H2,33,36)/t23-,25-/m0/s1. The Labute approximate surface area is 247 Å². The summed E-state index contributed by atoms with van der Waals surface area (Å²) in [6, 6.07) is 10.7. The lowest BCUT2D eigenvalue weighted by molar-refractivity contribution is -0.128. The maximum atomic E-state index is 12.3. The number of likely N-dealkylation sites (N-methyl/N-ethyl adjacent to an activating group) is 1. The fourth-order valence-electron chi connectivity index (χ4n) is 6.33. The number of hydrogen-bond acceptors (Lipinski definition) is 9. The maximum Gasteiger partial charge on any atom is 0.244 e. The third-order valence-corrected chi connectivity index (χ3v) is 8.99. The number of carbonyl (C=O) groups is 1. The monoisotopic (exact) mass is 577 g/mol. The first-order chi connectivity index (χ1) is 19.8. The summed E-state index contributed by atoms with van der Waals surface area (Å²) < 4.78 is 0. The predicted molar refractivity (Wildman–Crippen MR) is 162 cm³/mol. The third kappa shape index (κ3) is 6.43. The topological polar surface area (TPSA) is 118 Å². The Morgan fingerprint density at radius 1 is 1.15 bits per heavy atom. The van der Waals surface area contributed by atoms with Crippen LogP contribution in [0, 0.1) is 11.3 Å². The van der Waals surface area contributed by atoms with E-state index in [1.165, 1.54) is 5.56 Å². The van der Waals surface area contributed by atoms with Crippen molar-refractivity contribution in [3.8, 4) is 6.07 Å². The van der Waals surface area contributed by atoms with E-state index in [4.69, 9.17) is 22.6 Å². The number of piperazine rings is 1. The number of carbonyl (C=O) groups excluding carboxylic acids is 1. The van der Waals surface area contributed by atoms with Gasteiger partial charge in [-0.15, -0.1) is 0 Å². The Morgan fingerprint density at radius 3 is 2.51 bits per heavy atom. The quantitative estimate of drug-likeness (QED) is 0.488. The van der Waals surface area contributed by atoms with Crippen molar-refractivity contribution in [3.63, 3.8) is 0 Å².